The minimum absolute atomic E-state index is 0.0256. The third-order valence-corrected chi connectivity index (χ3v) is 17.1. The van der Waals surface area contributed by atoms with Crippen molar-refractivity contribution in [3.05, 3.63) is 47.5 Å². The number of ether oxygens (including phenoxy) is 4. The van der Waals surface area contributed by atoms with Gasteiger partial charge in [0.2, 0.25) is 12.1 Å². The van der Waals surface area contributed by atoms with Crippen LogP contribution in [0.2, 0.25) is 0 Å². The maximum Gasteiger partial charge on any atom is 0.331 e. The molecule has 10 nitrogen and oxygen atoms in total. The Morgan fingerprint density at radius 1 is 1.00 bits per heavy atom. The Kier molecular flexibility index (Phi) is 8.45. The van der Waals surface area contributed by atoms with E-state index in [9.17, 15) is 24.9 Å². The third-order valence-electron chi connectivity index (χ3n) is 15.5. The first-order valence-electron chi connectivity index (χ1n) is 19.3. The molecule has 1 aromatic carbocycles. The highest BCUT2D eigenvalue weighted by molar-refractivity contribution is 8.01. The number of thioether (sulfide) groups is 1. The molecule has 4 heterocycles. The Balaban J connectivity index is 0.981. The van der Waals surface area contributed by atoms with Gasteiger partial charge in [0.05, 0.1) is 18.3 Å². The number of carbonyl (C=O) groups excluding carboxylic acids is 2. The van der Waals surface area contributed by atoms with Crippen LogP contribution in [0.25, 0.3) is 0 Å². The van der Waals surface area contributed by atoms with Gasteiger partial charge in [-0.3, -0.25) is 10.1 Å². The van der Waals surface area contributed by atoms with Crippen molar-refractivity contribution in [3.8, 4) is 0 Å². The molecule has 1 aromatic rings. The lowest BCUT2D eigenvalue weighted by molar-refractivity contribution is -0.450. The predicted molar refractivity (Wildman–Crippen MR) is 188 cm³/mol. The van der Waals surface area contributed by atoms with E-state index in [2.05, 4.69) is 12.2 Å². The van der Waals surface area contributed by atoms with Crippen molar-refractivity contribution >= 4 is 23.5 Å². The zero-order valence-electron chi connectivity index (χ0n) is 29.8. The van der Waals surface area contributed by atoms with Crippen LogP contribution in [0.4, 0.5) is 0 Å². The summed E-state index contributed by atoms with van der Waals surface area (Å²) in [7, 11) is 0. The molecule has 4 saturated carbocycles. The first kappa shape index (κ1) is 34.9. The van der Waals surface area contributed by atoms with Gasteiger partial charge in [0.25, 0.3) is 0 Å². The maximum absolute atomic E-state index is 13.2. The molecule has 0 radical (unpaired) electrons. The number of ketones is 1. The van der Waals surface area contributed by atoms with Gasteiger partial charge in [-0.2, -0.15) is 0 Å². The van der Waals surface area contributed by atoms with E-state index in [-0.39, 0.29) is 77.7 Å². The summed E-state index contributed by atoms with van der Waals surface area (Å²) in [6.07, 6.45) is 7.47. The number of aliphatic hydroxyl groups is 3. The number of cyclic esters (lactones) is 1. The van der Waals surface area contributed by atoms with E-state index in [4.69, 9.17) is 18.9 Å². The third kappa shape index (κ3) is 4.94. The molecule has 51 heavy (non-hydrogen) atoms. The minimum Gasteiger partial charge on any atom is -0.458 e. The zero-order chi connectivity index (χ0) is 35.4. The number of benzene rings is 1. The van der Waals surface area contributed by atoms with Crippen molar-refractivity contribution < 1.29 is 43.9 Å². The smallest absolute Gasteiger partial charge is 0.331 e. The first-order valence-corrected chi connectivity index (χ1v) is 20.3. The molecule has 3 saturated heterocycles. The molecule has 278 valence electrons. The highest BCUT2D eigenvalue weighted by atomic mass is 32.2. The Hall–Kier alpha value is -1.83. The summed E-state index contributed by atoms with van der Waals surface area (Å²) in [5, 5.41) is 39.2. The van der Waals surface area contributed by atoms with E-state index in [0.29, 0.717) is 37.2 Å². The number of hydrogen-bond donors (Lipinski definition) is 4. The second-order valence-electron chi connectivity index (χ2n) is 17.5. The molecule has 0 amide bonds. The van der Waals surface area contributed by atoms with E-state index in [1.165, 1.54) is 0 Å². The fourth-order valence-corrected chi connectivity index (χ4v) is 14.8. The monoisotopic (exact) mass is 723 g/mol. The number of nitrogens with one attached hydrogen (secondary N) is 1. The van der Waals surface area contributed by atoms with Crippen LogP contribution >= 0.6 is 11.8 Å². The number of fused-ring (bicyclic) bond motifs is 8. The Labute approximate surface area is 304 Å². The van der Waals surface area contributed by atoms with Crippen molar-refractivity contribution in [2.24, 2.45) is 39.9 Å². The standard InChI is InChI=1S/C40H53NO9S/c1-23-17-39(41-27(20-51-39)16-31(44)24-6-4-3-5-7-24)40(46)35(48-23)49-32-15-26-8-9-30-29(37(26,21-42)18-33(32)50-40)10-12-36(2)28(11-13-38(30,36)22-43)25-14-34(45)47-19-25/h3-7,14,23,26-30,32-33,35,41-43,46H,8-13,15-22H2,1-2H3/t23-,26+,27-,28-,29+,30-,32-,33-,35+,36-,37-,38+,39+,40?/m1/s1. The molecule has 4 N–H and O–H groups in total. The summed E-state index contributed by atoms with van der Waals surface area (Å²) in [6.45, 7) is 4.80. The van der Waals surface area contributed by atoms with Crippen LogP contribution in [0.15, 0.2) is 42.0 Å². The van der Waals surface area contributed by atoms with Gasteiger partial charge >= 0.3 is 5.97 Å². The lowest BCUT2D eigenvalue weighted by Gasteiger charge is -2.67. The van der Waals surface area contributed by atoms with Crippen LogP contribution in [0, 0.1) is 39.9 Å². The summed E-state index contributed by atoms with van der Waals surface area (Å²) in [4.78, 5) is 24.3. The van der Waals surface area contributed by atoms with Gasteiger partial charge in [-0.1, -0.05) is 37.3 Å². The lowest BCUT2D eigenvalue weighted by atomic mass is 9.39. The summed E-state index contributed by atoms with van der Waals surface area (Å²) >= 11 is 1.60. The van der Waals surface area contributed by atoms with Gasteiger partial charge in [0, 0.05) is 60.3 Å². The van der Waals surface area contributed by atoms with E-state index in [0.717, 1.165) is 50.5 Å². The van der Waals surface area contributed by atoms with Crippen molar-refractivity contribution in [1.29, 1.82) is 0 Å². The quantitative estimate of drug-likeness (QED) is 0.189. The SMILES string of the molecule is C[C@@H]1C[C@@]2(N[C@H](CC(=O)c3ccccc3)CS2)C2(O)O[C@@H]3C[C@@]4(CO)[C@@H](CC[C@@H]5[C@@H]4CC[C@]4(C)[C@@H](C6=CC(=O)OC6)CC[C@]54CO)C[C@H]3O[C@@H]2O1. The van der Waals surface area contributed by atoms with Gasteiger partial charge in [-0.15, -0.1) is 11.8 Å². The summed E-state index contributed by atoms with van der Waals surface area (Å²) in [5.41, 5.74) is 0.848. The highest BCUT2D eigenvalue weighted by Crippen LogP contribution is 2.74. The topological polar surface area (TPSA) is 144 Å². The summed E-state index contributed by atoms with van der Waals surface area (Å²) in [6, 6.07) is 9.18. The predicted octanol–water partition coefficient (Wildman–Crippen LogP) is 4.36. The normalized spacial score (nSPS) is 50.0. The van der Waals surface area contributed by atoms with Gasteiger partial charge < -0.3 is 34.3 Å². The molecule has 1 spiro atoms. The average Bonchev–Trinajstić information content (AvgIpc) is 3.82. The van der Waals surface area contributed by atoms with E-state index in [1.54, 1.807) is 17.8 Å². The molecule has 7 fully saturated rings. The molecule has 14 atom stereocenters. The van der Waals surface area contributed by atoms with Gasteiger partial charge in [0.1, 0.15) is 11.5 Å². The number of rotatable bonds is 6. The number of carbonyl (C=O) groups is 2. The zero-order valence-corrected chi connectivity index (χ0v) is 30.6. The van der Waals surface area contributed by atoms with Gasteiger partial charge in [-0.05, 0) is 93.0 Å². The Morgan fingerprint density at radius 2 is 1.82 bits per heavy atom. The van der Waals surface area contributed by atoms with Crippen molar-refractivity contribution in [3.63, 3.8) is 0 Å². The molecule has 0 bridgehead atoms. The first-order chi connectivity index (χ1) is 24.5. The van der Waals surface area contributed by atoms with Crippen molar-refractivity contribution in [2.45, 2.75) is 119 Å². The number of aliphatic hydroxyl groups excluding tert-OH is 2. The van der Waals surface area contributed by atoms with E-state index >= 15 is 0 Å². The van der Waals surface area contributed by atoms with Crippen LogP contribution in [-0.4, -0.2) is 93.9 Å². The Bertz CT molecular complexity index is 1590. The lowest BCUT2D eigenvalue weighted by Crippen LogP contribution is -2.76. The van der Waals surface area contributed by atoms with E-state index in [1.807, 2.05) is 37.3 Å². The van der Waals surface area contributed by atoms with Crippen LogP contribution in [-0.2, 0) is 23.7 Å². The molecule has 8 aliphatic rings. The van der Waals surface area contributed by atoms with Crippen molar-refractivity contribution in [1.82, 2.24) is 5.32 Å². The molecule has 9 rings (SSSR count). The fourth-order valence-electron chi connectivity index (χ4n) is 13.1. The van der Waals surface area contributed by atoms with E-state index < -0.39 is 28.5 Å². The minimum atomic E-state index is -1.79. The highest BCUT2D eigenvalue weighted by Gasteiger charge is 2.72. The molecule has 0 aromatic heterocycles. The van der Waals surface area contributed by atoms with Crippen LogP contribution in [0.1, 0.15) is 88.4 Å². The second-order valence-corrected chi connectivity index (χ2v) is 18.8. The Morgan fingerprint density at radius 3 is 2.57 bits per heavy atom. The molecule has 4 aliphatic heterocycles. The molecular formula is C40H53NO9S. The average molecular weight is 724 g/mol. The fraction of sp³-hybridized carbons (Fsp3) is 0.750. The maximum atomic E-state index is 13.2. The van der Waals surface area contributed by atoms with Crippen LogP contribution < -0.4 is 5.32 Å². The van der Waals surface area contributed by atoms with Gasteiger partial charge in [0.15, 0.2) is 5.78 Å². The molecular weight excluding hydrogens is 671 g/mol. The second kappa shape index (κ2) is 12.3. The van der Waals surface area contributed by atoms with Gasteiger partial charge in [-0.25, -0.2) is 4.79 Å². The largest absolute Gasteiger partial charge is 0.458 e. The molecule has 11 heteroatoms. The van der Waals surface area contributed by atoms with Crippen molar-refractivity contribution in [2.75, 3.05) is 25.6 Å². The molecule has 1 unspecified atom stereocenters. The summed E-state index contributed by atoms with van der Waals surface area (Å²) < 4.78 is 25.3. The number of hydrogen-bond acceptors (Lipinski definition) is 11. The van der Waals surface area contributed by atoms with Crippen LogP contribution in [0.3, 0.4) is 0 Å². The number of esters is 1. The number of Topliss-reactive ketones (excluding diaryl/α,β-unsaturated/α-hetero) is 1. The van der Waals surface area contributed by atoms with Crippen LogP contribution in [0.5, 0.6) is 0 Å². The summed E-state index contributed by atoms with van der Waals surface area (Å²) in [5.74, 6) is -0.511. The molecule has 4 aliphatic carbocycles.